The van der Waals surface area contributed by atoms with Gasteiger partial charge in [0.15, 0.2) is 0 Å². The number of benzene rings is 2. The van der Waals surface area contributed by atoms with Crippen LogP contribution in [0.3, 0.4) is 0 Å². The maximum absolute atomic E-state index is 12.6. The largest absolute Gasteiger partial charge is 0.497 e. The van der Waals surface area contributed by atoms with Gasteiger partial charge in [-0.15, -0.1) is 0 Å². The molecule has 0 saturated heterocycles. The molecular weight excluding hydrogens is 320 g/mol. The SMILES string of the molecule is COc1ccc(NC2=[NH+][C@@]3([NH+]=C(N)N2)C(=O)Nc2ccccc23)cc1. The van der Waals surface area contributed by atoms with Crippen LogP contribution in [0.1, 0.15) is 5.56 Å². The molecule has 0 saturated carbocycles. The van der Waals surface area contributed by atoms with Crippen LogP contribution in [-0.2, 0) is 10.5 Å². The second-order valence-corrected chi connectivity index (χ2v) is 5.77. The first kappa shape index (κ1) is 15.0. The lowest BCUT2D eigenvalue weighted by Gasteiger charge is -2.21. The number of amides is 1. The molecule has 8 heteroatoms. The summed E-state index contributed by atoms with van der Waals surface area (Å²) in [5, 5.41) is 9.01. The fourth-order valence-electron chi connectivity index (χ4n) is 3.00. The molecule has 0 fully saturated rings. The predicted molar refractivity (Wildman–Crippen MR) is 92.6 cm³/mol. The maximum Gasteiger partial charge on any atom is 0.361 e. The van der Waals surface area contributed by atoms with Gasteiger partial charge in [0.1, 0.15) is 5.75 Å². The molecule has 4 rings (SSSR count). The van der Waals surface area contributed by atoms with Crippen molar-refractivity contribution in [1.29, 1.82) is 0 Å². The second-order valence-electron chi connectivity index (χ2n) is 5.77. The number of fused-ring (bicyclic) bond motifs is 2. The van der Waals surface area contributed by atoms with Crippen molar-refractivity contribution in [1.82, 2.24) is 5.32 Å². The van der Waals surface area contributed by atoms with Crippen LogP contribution < -0.4 is 36.4 Å². The summed E-state index contributed by atoms with van der Waals surface area (Å²) in [5.41, 5.74) is 7.16. The molecule has 1 spiro atoms. The van der Waals surface area contributed by atoms with E-state index in [1.165, 1.54) is 0 Å². The average Bonchev–Trinajstić information content (AvgIpc) is 2.87. The van der Waals surface area contributed by atoms with Gasteiger partial charge in [0, 0.05) is 0 Å². The molecule has 0 aliphatic carbocycles. The van der Waals surface area contributed by atoms with Gasteiger partial charge in [-0.05, 0) is 36.4 Å². The Morgan fingerprint density at radius 1 is 1.08 bits per heavy atom. The van der Waals surface area contributed by atoms with Gasteiger partial charge in [-0.1, -0.05) is 12.1 Å². The van der Waals surface area contributed by atoms with Gasteiger partial charge >= 0.3 is 23.5 Å². The number of para-hydroxylation sites is 1. The molecule has 2 aromatic carbocycles. The Labute approximate surface area is 143 Å². The number of hydrogen-bond donors (Lipinski definition) is 6. The maximum atomic E-state index is 12.6. The van der Waals surface area contributed by atoms with Gasteiger partial charge < -0.3 is 10.1 Å². The van der Waals surface area contributed by atoms with E-state index in [0.29, 0.717) is 5.96 Å². The number of hydrogen-bond acceptors (Lipinski definition) is 5. The zero-order valence-electron chi connectivity index (χ0n) is 13.5. The number of rotatable bonds is 2. The lowest BCUT2D eigenvalue weighted by atomic mass is 10.0. The van der Waals surface area contributed by atoms with E-state index in [1.807, 2.05) is 48.5 Å². The standard InChI is InChI=1S/C17H16N6O2/c1-25-11-8-6-10(7-9-11)19-16-21-15(18)22-17(23-16)12-4-2-3-5-13(12)20-14(17)24/h2-9H,1H3,(H,20,24)(H4,18,19,21,22,23)/p+2/t17-/m1/s1. The highest BCUT2D eigenvalue weighted by atomic mass is 16.5. The third kappa shape index (κ3) is 2.44. The number of nitrogens with one attached hydrogen (secondary N) is 5. The number of nitrogens with two attached hydrogens (primary N) is 1. The van der Waals surface area contributed by atoms with Crippen LogP contribution in [0.2, 0.25) is 0 Å². The summed E-state index contributed by atoms with van der Waals surface area (Å²) < 4.78 is 5.15. The highest BCUT2D eigenvalue weighted by molar-refractivity contribution is 6.06. The molecule has 0 bridgehead atoms. The molecule has 2 aromatic rings. The Hall–Kier alpha value is -3.55. The normalized spacial score (nSPS) is 20.9. The Bertz CT molecular complexity index is 906. The van der Waals surface area contributed by atoms with Crippen LogP contribution in [0.5, 0.6) is 5.75 Å². The zero-order chi connectivity index (χ0) is 17.4. The summed E-state index contributed by atoms with van der Waals surface area (Å²) in [6.07, 6.45) is 0. The zero-order valence-corrected chi connectivity index (χ0v) is 13.5. The lowest BCUT2D eigenvalue weighted by molar-refractivity contribution is -0.789. The first-order valence-corrected chi connectivity index (χ1v) is 7.75. The number of methoxy groups -OCH3 is 1. The van der Waals surface area contributed by atoms with Crippen LogP contribution in [0.4, 0.5) is 11.4 Å². The van der Waals surface area contributed by atoms with Crippen LogP contribution in [0, 0.1) is 0 Å². The fourth-order valence-corrected chi connectivity index (χ4v) is 3.00. The summed E-state index contributed by atoms with van der Waals surface area (Å²) in [4.78, 5) is 18.8. The molecule has 25 heavy (non-hydrogen) atoms. The minimum absolute atomic E-state index is 0.229. The van der Waals surface area contributed by atoms with Crippen molar-refractivity contribution in [2.45, 2.75) is 5.66 Å². The van der Waals surface area contributed by atoms with E-state index >= 15 is 0 Å². The van der Waals surface area contributed by atoms with Crippen molar-refractivity contribution >= 4 is 29.2 Å². The minimum Gasteiger partial charge on any atom is -0.497 e. The molecule has 2 aliphatic heterocycles. The average molecular weight is 338 g/mol. The molecule has 1 atom stereocenters. The van der Waals surface area contributed by atoms with Crippen molar-refractivity contribution in [3.8, 4) is 5.75 Å². The van der Waals surface area contributed by atoms with Gasteiger partial charge in [-0.3, -0.25) is 10.5 Å². The third-order valence-corrected chi connectivity index (χ3v) is 4.17. The molecule has 8 nitrogen and oxygen atoms in total. The molecule has 0 radical (unpaired) electrons. The predicted octanol–water partition coefficient (Wildman–Crippen LogP) is -2.65. The first-order valence-electron chi connectivity index (χ1n) is 7.75. The summed E-state index contributed by atoms with van der Waals surface area (Å²) in [5.74, 6) is 1.29. The Morgan fingerprint density at radius 2 is 1.84 bits per heavy atom. The van der Waals surface area contributed by atoms with Crippen LogP contribution >= 0.6 is 0 Å². The topological polar surface area (TPSA) is 116 Å². The highest BCUT2D eigenvalue weighted by Gasteiger charge is 2.52. The molecular formula is C17H18N6O2+2. The summed E-state index contributed by atoms with van der Waals surface area (Å²) in [6.45, 7) is 0. The highest BCUT2D eigenvalue weighted by Crippen LogP contribution is 2.28. The number of carbonyl (C=O) groups is 1. The van der Waals surface area contributed by atoms with Crippen LogP contribution in [0.15, 0.2) is 48.5 Å². The Balaban J connectivity index is 1.71. The van der Waals surface area contributed by atoms with Gasteiger partial charge in [-0.25, -0.2) is 15.3 Å². The van der Waals surface area contributed by atoms with Gasteiger partial charge in [0.25, 0.3) is 0 Å². The van der Waals surface area contributed by atoms with E-state index in [-0.39, 0.29) is 11.9 Å². The van der Waals surface area contributed by atoms with Crippen LogP contribution in [0.25, 0.3) is 0 Å². The molecule has 1 amide bonds. The van der Waals surface area contributed by atoms with Gasteiger partial charge in [0.2, 0.25) is 0 Å². The third-order valence-electron chi connectivity index (χ3n) is 4.17. The van der Waals surface area contributed by atoms with E-state index in [4.69, 9.17) is 10.5 Å². The van der Waals surface area contributed by atoms with E-state index in [1.54, 1.807) is 7.11 Å². The molecule has 0 unspecified atom stereocenters. The molecule has 2 aliphatic rings. The minimum atomic E-state index is -1.17. The van der Waals surface area contributed by atoms with Gasteiger partial charge in [-0.2, -0.15) is 5.32 Å². The molecule has 2 heterocycles. The van der Waals surface area contributed by atoms with Crippen molar-refractivity contribution < 1.29 is 19.5 Å². The summed E-state index contributed by atoms with van der Waals surface area (Å²) in [6, 6.07) is 14.9. The van der Waals surface area contributed by atoms with Crippen molar-refractivity contribution in [3.63, 3.8) is 0 Å². The number of guanidine groups is 2. The fraction of sp³-hybridized carbons (Fsp3) is 0.118. The van der Waals surface area contributed by atoms with Crippen molar-refractivity contribution in [2.24, 2.45) is 5.73 Å². The van der Waals surface area contributed by atoms with Gasteiger partial charge in [0.05, 0.1) is 24.0 Å². The molecule has 126 valence electrons. The quantitative estimate of drug-likeness (QED) is 0.358. The Morgan fingerprint density at radius 3 is 2.60 bits per heavy atom. The lowest BCUT2D eigenvalue weighted by Crippen LogP contribution is -3.14. The van der Waals surface area contributed by atoms with E-state index in [2.05, 4.69) is 25.9 Å². The number of ether oxygens (including phenoxy) is 1. The van der Waals surface area contributed by atoms with E-state index in [0.717, 1.165) is 22.7 Å². The Kier molecular flexibility index (Phi) is 3.31. The van der Waals surface area contributed by atoms with E-state index < -0.39 is 5.66 Å². The number of carbonyl (C=O) groups excluding carboxylic acids is 1. The van der Waals surface area contributed by atoms with Crippen molar-refractivity contribution in [2.75, 3.05) is 17.7 Å². The number of anilines is 2. The molecule has 7 N–H and O–H groups in total. The van der Waals surface area contributed by atoms with E-state index in [9.17, 15) is 4.79 Å². The molecule has 0 aromatic heterocycles. The summed E-state index contributed by atoms with van der Waals surface area (Å²) >= 11 is 0. The smallest absolute Gasteiger partial charge is 0.361 e. The van der Waals surface area contributed by atoms with Crippen molar-refractivity contribution in [3.05, 3.63) is 54.1 Å². The summed E-state index contributed by atoms with van der Waals surface area (Å²) in [7, 11) is 1.61. The van der Waals surface area contributed by atoms with Crippen LogP contribution in [-0.4, -0.2) is 24.9 Å². The second kappa shape index (κ2) is 5.52. The first-order chi connectivity index (χ1) is 12.1. The monoisotopic (exact) mass is 338 g/mol.